The molecule has 3 aromatic rings. The molecule has 4 nitrogen and oxygen atoms in total. The number of ether oxygens (including phenoxy) is 2. The molecule has 0 aliphatic carbocycles. The van der Waals surface area contributed by atoms with Gasteiger partial charge in [-0.25, -0.2) is 4.79 Å². The number of carbonyl (C=O) groups excluding carboxylic acids is 1. The molecular weight excluding hydrogens is 348 g/mol. The van der Waals surface area contributed by atoms with E-state index in [2.05, 4.69) is 0 Å². The molecule has 5 heteroatoms. The molecule has 1 unspecified atom stereocenters. The first-order valence-electron chi connectivity index (χ1n) is 8.05. The first-order valence-corrected chi connectivity index (χ1v) is 9.61. The van der Waals surface area contributed by atoms with Gasteiger partial charge in [-0.15, -0.1) is 0 Å². The Balaban J connectivity index is 1.75. The van der Waals surface area contributed by atoms with E-state index in [0.717, 1.165) is 5.56 Å². The minimum Gasteiger partial charge on any atom is -0.612 e. The summed E-state index contributed by atoms with van der Waals surface area (Å²) < 4.78 is 23.3. The van der Waals surface area contributed by atoms with Gasteiger partial charge in [0.2, 0.25) is 0 Å². The summed E-state index contributed by atoms with van der Waals surface area (Å²) in [7, 11) is 0. The standard InChI is InChI=1S/C21H18O4S/c1-26(23)20-14-18(25-21(22)17-10-6-3-7-11-17)12-13-19(20)24-15-16-8-4-2-5-9-16/h2-14H,15H2,1H3. The van der Waals surface area contributed by atoms with Crippen LogP contribution in [0.25, 0.3) is 0 Å². The van der Waals surface area contributed by atoms with Gasteiger partial charge in [0, 0.05) is 6.07 Å². The Morgan fingerprint density at radius 2 is 1.62 bits per heavy atom. The predicted molar refractivity (Wildman–Crippen MR) is 101 cm³/mol. The van der Waals surface area contributed by atoms with E-state index in [0.29, 0.717) is 28.6 Å². The smallest absolute Gasteiger partial charge is 0.343 e. The van der Waals surface area contributed by atoms with E-state index in [9.17, 15) is 9.35 Å². The lowest BCUT2D eigenvalue weighted by Gasteiger charge is -2.13. The summed E-state index contributed by atoms with van der Waals surface area (Å²) in [5, 5.41) is 0. The van der Waals surface area contributed by atoms with Crippen molar-refractivity contribution in [2.75, 3.05) is 6.26 Å². The average molecular weight is 366 g/mol. The van der Waals surface area contributed by atoms with E-state index < -0.39 is 17.1 Å². The molecule has 0 saturated carbocycles. The minimum atomic E-state index is -1.28. The summed E-state index contributed by atoms with van der Waals surface area (Å²) in [6, 6.07) is 23.3. The largest absolute Gasteiger partial charge is 0.612 e. The highest BCUT2D eigenvalue weighted by atomic mass is 32.2. The first-order chi connectivity index (χ1) is 12.6. The Kier molecular flexibility index (Phi) is 5.94. The number of carbonyl (C=O) groups is 1. The molecule has 0 aliphatic heterocycles. The highest BCUT2D eigenvalue weighted by Gasteiger charge is 2.17. The summed E-state index contributed by atoms with van der Waals surface area (Å²) in [4.78, 5) is 12.6. The summed E-state index contributed by atoms with van der Waals surface area (Å²) >= 11 is -1.28. The highest BCUT2D eigenvalue weighted by Crippen LogP contribution is 2.29. The van der Waals surface area contributed by atoms with Crippen LogP contribution in [0.15, 0.2) is 83.8 Å². The normalized spacial score (nSPS) is 11.6. The molecule has 0 radical (unpaired) electrons. The first kappa shape index (κ1) is 18.0. The van der Waals surface area contributed by atoms with Crippen LogP contribution in [0.1, 0.15) is 15.9 Å². The summed E-state index contributed by atoms with van der Waals surface area (Å²) in [5.74, 6) is 0.377. The predicted octanol–water partition coefficient (Wildman–Crippen LogP) is 4.22. The molecule has 0 aliphatic rings. The zero-order chi connectivity index (χ0) is 18.4. The molecule has 0 aromatic heterocycles. The average Bonchev–Trinajstić information content (AvgIpc) is 2.68. The van der Waals surface area contributed by atoms with Crippen LogP contribution in [0.2, 0.25) is 0 Å². The second-order valence-corrected chi connectivity index (χ2v) is 6.94. The lowest BCUT2D eigenvalue weighted by molar-refractivity contribution is 0.0734. The van der Waals surface area contributed by atoms with Crippen LogP contribution in [0.4, 0.5) is 0 Å². The van der Waals surface area contributed by atoms with Gasteiger partial charge in [-0.1, -0.05) is 48.5 Å². The molecule has 0 fully saturated rings. The van der Waals surface area contributed by atoms with Crippen LogP contribution in [-0.2, 0) is 17.8 Å². The van der Waals surface area contributed by atoms with Crippen molar-refractivity contribution >= 4 is 17.1 Å². The minimum absolute atomic E-state index is 0.330. The number of hydrogen-bond donors (Lipinski definition) is 0. The van der Waals surface area contributed by atoms with E-state index in [1.54, 1.807) is 48.7 Å². The highest BCUT2D eigenvalue weighted by molar-refractivity contribution is 7.90. The number of benzene rings is 3. The van der Waals surface area contributed by atoms with E-state index in [4.69, 9.17) is 9.47 Å². The third kappa shape index (κ3) is 4.65. The van der Waals surface area contributed by atoms with E-state index in [1.165, 1.54) is 0 Å². The van der Waals surface area contributed by atoms with Crippen molar-refractivity contribution in [2.45, 2.75) is 11.5 Å². The molecule has 1 atom stereocenters. The van der Waals surface area contributed by atoms with Crippen LogP contribution < -0.4 is 9.47 Å². The fourth-order valence-electron chi connectivity index (χ4n) is 2.37. The van der Waals surface area contributed by atoms with Crippen LogP contribution in [-0.4, -0.2) is 16.8 Å². The Hall–Kier alpha value is -2.76. The summed E-state index contributed by atoms with van der Waals surface area (Å²) in [6.07, 6.45) is 1.56. The Morgan fingerprint density at radius 3 is 2.27 bits per heavy atom. The zero-order valence-corrected chi connectivity index (χ0v) is 15.1. The van der Waals surface area contributed by atoms with Crippen LogP contribution in [0.3, 0.4) is 0 Å². The topological polar surface area (TPSA) is 58.6 Å². The second-order valence-electron chi connectivity index (χ2n) is 5.59. The van der Waals surface area contributed by atoms with Gasteiger partial charge in [-0.05, 0) is 41.0 Å². The van der Waals surface area contributed by atoms with E-state index >= 15 is 0 Å². The number of hydrogen-bond acceptors (Lipinski definition) is 4. The third-order valence-corrected chi connectivity index (χ3v) is 4.62. The Bertz CT molecular complexity index is 864. The maximum absolute atomic E-state index is 12.2. The third-order valence-electron chi connectivity index (χ3n) is 3.68. The van der Waals surface area contributed by atoms with Crippen LogP contribution in [0.5, 0.6) is 11.5 Å². The van der Waals surface area contributed by atoms with Crippen molar-refractivity contribution < 1.29 is 18.8 Å². The van der Waals surface area contributed by atoms with Crippen LogP contribution >= 0.6 is 0 Å². The van der Waals surface area contributed by atoms with Gasteiger partial charge in [0.05, 0.1) is 5.56 Å². The Labute approximate surface area is 155 Å². The van der Waals surface area contributed by atoms with E-state index in [1.807, 2.05) is 36.4 Å². The number of esters is 1. The summed E-state index contributed by atoms with van der Waals surface area (Å²) in [6.45, 7) is 0.369. The van der Waals surface area contributed by atoms with Gasteiger partial charge in [-0.3, -0.25) is 0 Å². The fourth-order valence-corrected chi connectivity index (χ4v) is 3.06. The molecule has 0 saturated heterocycles. The Morgan fingerprint density at radius 1 is 0.962 bits per heavy atom. The molecule has 0 bridgehead atoms. The van der Waals surface area contributed by atoms with Gasteiger partial charge in [-0.2, -0.15) is 0 Å². The summed E-state index contributed by atoms with van der Waals surface area (Å²) in [5.41, 5.74) is 1.47. The molecule has 0 spiro atoms. The van der Waals surface area contributed by atoms with Gasteiger partial charge in [0.25, 0.3) is 0 Å². The molecule has 0 N–H and O–H groups in total. The van der Waals surface area contributed by atoms with Crippen molar-refractivity contribution in [3.63, 3.8) is 0 Å². The van der Waals surface area contributed by atoms with E-state index in [-0.39, 0.29) is 0 Å². The van der Waals surface area contributed by atoms with Crippen molar-refractivity contribution in [2.24, 2.45) is 0 Å². The lowest BCUT2D eigenvalue weighted by atomic mass is 10.2. The van der Waals surface area contributed by atoms with Crippen molar-refractivity contribution in [3.05, 3.63) is 90.0 Å². The maximum Gasteiger partial charge on any atom is 0.343 e. The molecule has 0 heterocycles. The molecule has 26 heavy (non-hydrogen) atoms. The molecular formula is C21H18O4S. The quantitative estimate of drug-likeness (QED) is 0.372. The zero-order valence-electron chi connectivity index (χ0n) is 14.3. The second kappa shape index (κ2) is 8.56. The fraction of sp³-hybridized carbons (Fsp3) is 0.0952. The van der Waals surface area contributed by atoms with Crippen LogP contribution in [0, 0.1) is 0 Å². The SMILES string of the molecule is C[S+]([O-])c1cc(OC(=O)c2ccccc2)ccc1OCc1ccccc1. The van der Waals surface area contributed by atoms with Crippen molar-refractivity contribution in [1.82, 2.24) is 0 Å². The van der Waals surface area contributed by atoms with Gasteiger partial charge in [0.15, 0.2) is 10.6 Å². The lowest BCUT2D eigenvalue weighted by Crippen LogP contribution is -2.09. The monoisotopic (exact) mass is 366 g/mol. The molecule has 3 aromatic carbocycles. The van der Waals surface area contributed by atoms with Gasteiger partial charge < -0.3 is 14.0 Å². The van der Waals surface area contributed by atoms with Crippen molar-refractivity contribution in [1.29, 1.82) is 0 Å². The maximum atomic E-state index is 12.2. The number of rotatable bonds is 6. The molecule has 3 rings (SSSR count). The van der Waals surface area contributed by atoms with Gasteiger partial charge in [0.1, 0.15) is 18.6 Å². The molecule has 0 amide bonds. The molecule has 132 valence electrons. The van der Waals surface area contributed by atoms with Gasteiger partial charge >= 0.3 is 5.97 Å². The van der Waals surface area contributed by atoms with Crippen molar-refractivity contribution in [3.8, 4) is 11.5 Å².